The second kappa shape index (κ2) is 9.56. The van der Waals surface area contributed by atoms with E-state index in [4.69, 9.17) is 12.2 Å². The number of thiocarbonyl (C=S) groups is 1. The third-order valence-electron chi connectivity index (χ3n) is 4.98. The molecule has 3 N–H and O–H groups in total. The monoisotopic (exact) mass is 356 g/mol. The van der Waals surface area contributed by atoms with Crippen molar-refractivity contribution in [2.75, 3.05) is 20.1 Å². The normalized spacial score (nSPS) is 22.8. The summed E-state index contributed by atoms with van der Waals surface area (Å²) >= 11 is 5.54. The average molecular weight is 357 g/mol. The van der Waals surface area contributed by atoms with Gasteiger partial charge in [0.05, 0.1) is 0 Å². The lowest BCUT2D eigenvalue weighted by atomic mass is 9.86. The molecule has 3 atom stereocenters. The minimum absolute atomic E-state index is 0.0319. The van der Waals surface area contributed by atoms with E-state index in [1.165, 1.54) is 19.3 Å². The molecule has 0 saturated heterocycles. The first kappa shape index (κ1) is 21.2. The van der Waals surface area contributed by atoms with Crippen molar-refractivity contribution in [3.63, 3.8) is 0 Å². The minimum atomic E-state index is -0.349. The number of nitrogens with zero attached hydrogens (tertiary/aromatic N) is 1. The highest BCUT2D eigenvalue weighted by Gasteiger charge is 2.33. The molecule has 0 aliphatic heterocycles. The topological polar surface area (TPSA) is 56.4 Å². The second-order valence-corrected chi connectivity index (χ2v) is 8.12. The fraction of sp³-hybridized carbons (Fsp3) is 0.889. The molecule has 0 unspecified atom stereocenters. The van der Waals surface area contributed by atoms with Gasteiger partial charge in [0.2, 0.25) is 5.91 Å². The fourth-order valence-electron chi connectivity index (χ4n) is 3.57. The van der Waals surface area contributed by atoms with Gasteiger partial charge >= 0.3 is 0 Å². The van der Waals surface area contributed by atoms with Gasteiger partial charge < -0.3 is 16.0 Å². The number of likely N-dealkylation sites (N-methyl/N-ethyl adjacent to an activating group) is 2. The molecule has 140 valence electrons. The van der Waals surface area contributed by atoms with Gasteiger partial charge in [-0.15, -0.1) is 0 Å². The highest BCUT2D eigenvalue weighted by atomic mass is 32.1. The van der Waals surface area contributed by atoms with Crippen LogP contribution in [-0.2, 0) is 4.79 Å². The molecular formula is C18H36N4OS. The van der Waals surface area contributed by atoms with Gasteiger partial charge in [0.15, 0.2) is 5.11 Å². The molecule has 5 nitrogen and oxygen atoms in total. The SMILES string of the molecule is CCN(CC)[C@@H]1CCCC[C@H]1NC(=S)N[C@H](C(=O)NC)C(C)(C)C. The molecule has 0 heterocycles. The highest BCUT2D eigenvalue weighted by Crippen LogP contribution is 2.24. The summed E-state index contributed by atoms with van der Waals surface area (Å²) in [5.41, 5.74) is -0.212. The van der Waals surface area contributed by atoms with Crippen molar-refractivity contribution in [2.45, 2.75) is 78.4 Å². The third kappa shape index (κ3) is 5.88. The zero-order chi connectivity index (χ0) is 18.3. The summed E-state index contributed by atoms with van der Waals surface area (Å²) in [4.78, 5) is 14.7. The van der Waals surface area contributed by atoms with E-state index in [1.807, 2.05) is 20.8 Å². The van der Waals surface area contributed by atoms with Crippen LogP contribution in [0.5, 0.6) is 0 Å². The van der Waals surface area contributed by atoms with Gasteiger partial charge in [-0.1, -0.05) is 47.5 Å². The quantitative estimate of drug-likeness (QED) is 0.638. The number of hydrogen-bond acceptors (Lipinski definition) is 3. The molecule has 1 saturated carbocycles. The molecule has 0 bridgehead atoms. The first-order valence-electron chi connectivity index (χ1n) is 9.27. The molecule has 1 amide bonds. The molecule has 1 fully saturated rings. The van der Waals surface area contributed by atoms with E-state index < -0.39 is 0 Å². The molecule has 0 radical (unpaired) electrons. The van der Waals surface area contributed by atoms with Crippen molar-refractivity contribution in [3.8, 4) is 0 Å². The smallest absolute Gasteiger partial charge is 0.242 e. The molecule has 0 aromatic heterocycles. The van der Waals surface area contributed by atoms with Gasteiger partial charge in [0, 0.05) is 19.1 Å². The maximum Gasteiger partial charge on any atom is 0.242 e. The third-order valence-corrected chi connectivity index (χ3v) is 5.21. The molecule has 1 aliphatic carbocycles. The molecule has 0 aromatic carbocycles. The molecule has 0 spiro atoms. The first-order chi connectivity index (χ1) is 11.2. The second-order valence-electron chi connectivity index (χ2n) is 7.71. The van der Waals surface area contributed by atoms with E-state index in [2.05, 4.69) is 34.7 Å². The summed E-state index contributed by atoms with van der Waals surface area (Å²) in [6.45, 7) is 12.7. The number of amides is 1. The van der Waals surface area contributed by atoms with Gasteiger partial charge in [-0.25, -0.2) is 0 Å². The van der Waals surface area contributed by atoms with Crippen molar-refractivity contribution in [1.29, 1.82) is 0 Å². The predicted molar refractivity (Wildman–Crippen MR) is 105 cm³/mol. The summed E-state index contributed by atoms with van der Waals surface area (Å²) < 4.78 is 0. The van der Waals surface area contributed by atoms with E-state index in [-0.39, 0.29) is 17.4 Å². The van der Waals surface area contributed by atoms with Crippen LogP contribution in [-0.4, -0.2) is 54.2 Å². The largest absolute Gasteiger partial charge is 0.358 e. The van der Waals surface area contributed by atoms with Crippen LogP contribution in [0.25, 0.3) is 0 Å². The Balaban J connectivity index is 2.74. The van der Waals surface area contributed by atoms with Gasteiger partial charge in [-0.2, -0.15) is 0 Å². The van der Waals surface area contributed by atoms with Crippen molar-refractivity contribution < 1.29 is 4.79 Å². The Labute approximate surface area is 153 Å². The van der Waals surface area contributed by atoms with E-state index >= 15 is 0 Å². The Morgan fingerprint density at radius 1 is 1.21 bits per heavy atom. The Morgan fingerprint density at radius 2 is 1.79 bits per heavy atom. The summed E-state index contributed by atoms with van der Waals surface area (Å²) in [5.74, 6) is -0.0319. The van der Waals surface area contributed by atoms with E-state index in [1.54, 1.807) is 7.05 Å². The Bertz CT molecular complexity index is 418. The maximum absolute atomic E-state index is 12.2. The van der Waals surface area contributed by atoms with Crippen LogP contribution < -0.4 is 16.0 Å². The maximum atomic E-state index is 12.2. The number of carbonyl (C=O) groups is 1. The number of hydrogen-bond donors (Lipinski definition) is 3. The summed E-state index contributed by atoms with van der Waals surface area (Å²) in [7, 11) is 1.66. The summed E-state index contributed by atoms with van der Waals surface area (Å²) in [5, 5.41) is 10.1. The Kier molecular flexibility index (Phi) is 8.43. The van der Waals surface area contributed by atoms with Crippen LogP contribution in [0.4, 0.5) is 0 Å². The van der Waals surface area contributed by atoms with Gasteiger partial charge in [0.1, 0.15) is 6.04 Å². The zero-order valence-corrected chi connectivity index (χ0v) is 17.1. The Hall–Kier alpha value is -0.880. The van der Waals surface area contributed by atoms with Crippen LogP contribution in [0.1, 0.15) is 60.3 Å². The number of nitrogens with one attached hydrogen (secondary N) is 3. The molecule has 24 heavy (non-hydrogen) atoms. The summed E-state index contributed by atoms with van der Waals surface area (Å²) in [6, 6.07) is 0.517. The van der Waals surface area contributed by atoms with Crippen LogP contribution >= 0.6 is 12.2 Å². The van der Waals surface area contributed by atoms with Crippen LogP contribution in [0.15, 0.2) is 0 Å². The minimum Gasteiger partial charge on any atom is -0.358 e. The summed E-state index contributed by atoms with van der Waals surface area (Å²) in [6.07, 6.45) is 4.85. The lowest BCUT2D eigenvalue weighted by molar-refractivity contribution is -0.124. The lowest BCUT2D eigenvalue weighted by Crippen LogP contribution is -2.59. The van der Waals surface area contributed by atoms with Crippen molar-refractivity contribution in [2.24, 2.45) is 5.41 Å². The highest BCUT2D eigenvalue weighted by molar-refractivity contribution is 7.80. The fourth-order valence-corrected chi connectivity index (χ4v) is 3.84. The van der Waals surface area contributed by atoms with Gasteiger partial charge in [0.25, 0.3) is 0 Å². The van der Waals surface area contributed by atoms with Crippen molar-refractivity contribution in [1.82, 2.24) is 20.9 Å². The van der Waals surface area contributed by atoms with E-state index in [0.717, 1.165) is 19.5 Å². The lowest BCUT2D eigenvalue weighted by Gasteiger charge is -2.40. The number of carbonyl (C=O) groups excluding carboxylic acids is 1. The van der Waals surface area contributed by atoms with Crippen molar-refractivity contribution >= 4 is 23.2 Å². The van der Waals surface area contributed by atoms with E-state index in [9.17, 15) is 4.79 Å². The zero-order valence-electron chi connectivity index (χ0n) is 16.2. The predicted octanol–water partition coefficient (Wildman–Crippen LogP) is 2.26. The van der Waals surface area contributed by atoms with Gasteiger partial charge in [-0.3, -0.25) is 9.69 Å². The first-order valence-corrected chi connectivity index (χ1v) is 9.68. The molecule has 1 rings (SSSR count). The van der Waals surface area contributed by atoms with E-state index in [0.29, 0.717) is 17.2 Å². The van der Waals surface area contributed by atoms with Crippen LogP contribution in [0.2, 0.25) is 0 Å². The molecule has 6 heteroatoms. The average Bonchev–Trinajstić information content (AvgIpc) is 2.53. The standard InChI is InChI=1S/C18H36N4OS/c1-7-22(8-2)14-12-10-9-11-13(14)20-17(24)21-15(16(23)19-6)18(3,4)5/h13-15H,7-12H2,1-6H3,(H,19,23)(H2,20,21,24)/t13-,14-,15-/m1/s1. The van der Waals surface area contributed by atoms with Crippen LogP contribution in [0, 0.1) is 5.41 Å². The molecular weight excluding hydrogens is 320 g/mol. The van der Waals surface area contributed by atoms with Crippen LogP contribution in [0.3, 0.4) is 0 Å². The Morgan fingerprint density at radius 3 is 2.29 bits per heavy atom. The number of rotatable bonds is 6. The van der Waals surface area contributed by atoms with Gasteiger partial charge in [-0.05, 0) is 43.6 Å². The molecule has 0 aromatic rings. The van der Waals surface area contributed by atoms with Crippen molar-refractivity contribution in [3.05, 3.63) is 0 Å². The molecule has 1 aliphatic rings.